The molecule has 0 bridgehead atoms. The predicted octanol–water partition coefficient (Wildman–Crippen LogP) is 3.19. The van der Waals surface area contributed by atoms with Crippen LogP contribution in [0.3, 0.4) is 0 Å². The molecule has 6 heteroatoms. The van der Waals surface area contributed by atoms with E-state index in [1.165, 1.54) is 6.07 Å². The highest BCUT2D eigenvalue weighted by Gasteiger charge is 2.32. The van der Waals surface area contributed by atoms with E-state index in [2.05, 4.69) is 20.7 Å². The number of hydrogen-bond donors (Lipinski definition) is 1. The molecule has 0 heterocycles. The Kier molecular flexibility index (Phi) is 3.25. The van der Waals surface area contributed by atoms with E-state index < -0.39 is 17.9 Å². The fourth-order valence-corrected chi connectivity index (χ4v) is 1.20. The van der Waals surface area contributed by atoms with Gasteiger partial charge in [-0.2, -0.15) is 0 Å². The van der Waals surface area contributed by atoms with Crippen LogP contribution in [-0.4, -0.2) is 11.5 Å². The Morgan fingerprint density at radius 1 is 1.36 bits per heavy atom. The van der Waals surface area contributed by atoms with Gasteiger partial charge < -0.3 is 9.84 Å². The zero-order chi connectivity index (χ0) is 10.8. The van der Waals surface area contributed by atoms with Crippen molar-refractivity contribution in [2.45, 2.75) is 11.7 Å². The molecule has 0 spiro atoms. The molecule has 1 aromatic rings. The van der Waals surface area contributed by atoms with Crippen LogP contribution >= 0.6 is 15.9 Å². The smallest absolute Gasteiger partial charge is 0.504 e. The molecule has 0 fully saturated rings. The number of phenolic OH excluding ortho intramolecular Hbond substituents is 1. The van der Waals surface area contributed by atoms with Crippen LogP contribution in [0.5, 0.6) is 11.5 Å². The normalized spacial score (nSPS) is 11.4. The first-order chi connectivity index (χ1) is 6.42. The lowest BCUT2D eigenvalue weighted by atomic mass is 10.2. The van der Waals surface area contributed by atoms with Crippen molar-refractivity contribution in [3.8, 4) is 11.5 Å². The Morgan fingerprint density at radius 3 is 2.50 bits per heavy atom. The van der Waals surface area contributed by atoms with Gasteiger partial charge >= 0.3 is 6.36 Å². The molecule has 0 aliphatic heterocycles. The molecule has 0 aromatic heterocycles. The number of benzene rings is 1. The van der Waals surface area contributed by atoms with Crippen LogP contribution in [-0.2, 0) is 5.33 Å². The maximum Gasteiger partial charge on any atom is 0.573 e. The fraction of sp³-hybridized carbons (Fsp3) is 0.250. The van der Waals surface area contributed by atoms with E-state index in [0.717, 1.165) is 12.1 Å². The van der Waals surface area contributed by atoms with Gasteiger partial charge in [0.1, 0.15) is 0 Å². The lowest BCUT2D eigenvalue weighted by Gasteiger charge is -2.10. The van der Waals surface area contributed by atoms with Gasteiger partial charge in [0.05, 0.1) is 0 Å². The standard InChI is InChI=1S/C8H6BrF3O2/c9-4-5-1-2-6(13)7(3-5)14-8(10,11)12/h1-3,13H,4H2. The minimum Gasteiger partial charge on any atom is -0.504 e. The van der Waals surface area contributed by atoms with Gasteiger partial charge in [0.25, 0.3) is 0 Å². The first-order valence-corrected chi connectivity index (χ1v) is 4.68. The van der Waals surface area contributed by atoms with Crippen LogP contribution in [0.2, 0.25) is 0 Å². The molecule has 0 radical (unpaired) electrons. The zero-order valence-electron chi connectivity index (χ0n) is 6.81. The van der Waals surface area contributed by atoms with Gasteiger partial charge in [-0.25, -0.2) is 0 Å². The summed E-state index contributed by atoms with van der Waals surface area (Å²) >= 11 is 3.08. The molecule has 0 aliphatic carbocycles. The Hall–Kier alpha value is -0.910. The van der Waals surface area contributed by atoms with E-state index in [1.807, 2.05) is 0 Å². The Morgan fingerprint density at radius 2 is 2.00 bits per heavy atom. The topological polar surface area (TPSA) is 29.5 Å². The number of rotatable bonds is 2. The molecule has 0 saturated carbocycles. The lowest BCUT2D eigenvalue weighted by molar-refractivity contribution is -0.275. The van der Waals surface area contributed by atoms with Crippen LogP contribution in [0.1, 0.15) is 5.56 Å². The molecule has 1 aromatic carbocycles. The highest BCUT2D eigenvalue weighted by atomic mass is 79.9. The average molecular weight is 271 g/mol. The molecule has 0 saturated heterocycles. The molecule has 0 amide bonds. The van der Waals surface area contributed by atoms with Gasteiger partial charge in [-0.15, -0.1) is 13.2 Å². The van der Waals surface area contributed by atoms with Crippen LogP contribution in [0.25, 0.3) is 0 Å². The van der Waals surface area contributed by atoms with E-state index in [4.69, 9.17) is 5.11 Å². The monoisotopic (exact) mass is 270 g/mol. The summed E-state index contributed by atoms with van der Waals surface area (Å²) in [7, 11) is 0. The summed E-state index contributed by atoms with van der Waals surface area (Å²) in [5.41, 5.74) is 0.585. The Labute approximate surface area is 86.4 Å². The number of hydrogen-bond acceptors (Lipinski definition) is 2. The highest BCUT2D eigenvalue weighted by Crippen LogP contribution is 2.32. The molecular weight excluding hydrogens is 265 g/mol. The molecule has 1 rings (SSSR count). The van der Waals surface area contributed by atoms with Crippen LogP contribution in [0, 0.1) is 0 Å². The molecule has 0 atom stereocenters. The van der Waals surface area contributed by atoms with Crippen molar-refractivity contribution in [2.24, 2.45) is 0 Å². The Balaban J connectivity index is 2.95. The predicted molar refractivity (Wildman–Crippen MR) is 47.4 cm³/mol. The maximum absolute atomic E-state index is 11.8. The van der Waals surface area contributed by atoms with Crippen molar-refractivity contribution in [3.63, 3.8) is 0 Å². The van der Waals surface area contributed by atoms with Crippen LogP contribution in [0.15, 0.2) is 18.2 Å². The zero-order valence-corrected chi connectivity index (χ0v) is 8.39. The highest BCUT2D eigenvalue weighted by molar-refractivity contribution is 9.08. The quantitative estimate of drug-likeness (QED) is 0.837. The molecule has 78 valence electrons. The maximum atomic E-state index is 11.8. The molecule has 14 heavy (non-hydrogen) atoms. The first kappa shape index (κ1) is 11.2. The molecule has 0 unspecified atom stereocenters. The van der Waals surface area contributed by atoms with Crippen molar-refractivity contribution in [3.05, 3.63) is 23.8 Å². The van der Waals surface area contributed by atoms with Crippen molar-refractivity contribution >= 4 is 15.9 Å². The first-order valence-electron chi connectivity index (χ1n) is 3.56. The van der Waals surface area contributed by atoms with Crippen molar-refractivity contribution in [2.75, 3.05) is 0 Å². The second-order valence-electron chi connectivity index (χ2n) is 2.48. The average Bonchev–Trinajstić information content (AvgIpc) is 2.06. The number of ether oxygens (including phenoxy) is 1. The second-order valence-corrected chi connectivity index (χ2v) is 3.04. The third-order valence-electron chi connectivity index (χ3n) is 1.40. The SMILES string of the molecule is Oc1ccc(CBr)cc1OC(F)(F)F. The van der Waals surface area contributed by atoms with Crippen LogP contribution in [0.4, 0.5) is 13.2 Å². The summed E-state index contributed by atoms with van der Waals surface area (Å²) in [5.74, 6) is -1.12. The fourth-order valence-electron chi connectivity index (χ4n) is 0.848. The van der Waals surface area contributed by atoms with Gasteiger partial charge in [0.15, 0.2) is 11.5 Å². The summed E-state index contributed by atoms with van der Waals surface area (Å²) in [6, 6.07) is 3.77. The third kappa shape index (κ3) is 3.10. The van der Waals surface area contributed by atoms with Gasteiger partial charge in [0.2, 0.25) is 0 Å². The molecule has 1 N–H and O–H groups in total. The number of halogens is 4. The summed E-state index contributed by atoms with van der Waals surface area (Å²) in [6.45, 7) is 0. The van der Waals surface area contributed by atoms with Crippen molar-refractivity contribution < 1.29 is 23.0 Å². The molecule has 2 nitrogen and oxygen atoms in total. The molecule has 0 aliphatic rings. The lowest BCUT2D eigenvalue weighted by Crippen LogP contribution is -2.17. The summed E-state index contributed by atoms with van der Waals surface area (Å²) in [6.07, 6.45) is -4.79. The Bertz CT molecular complexity index is 325. The van der Waals surface area contributed by atoms with E-state index in [9.17, 15) is 13.2 Å². The second kappa shape index (κ2) is 4.08. The van der Waals surface area contributed by atoms with E-state index in [1.54, 1.807) is 0 Å². The van der Waals surface area contributed by atoms with Crippen molar-refractivity contribution in [1.82, 2.24) is 0 Å². The summed E-state index contributed by atoms with van der Waals surface area (Å²) in [5, 5.41) is 9.44. The number of alkyl halides is 4. The summed E-state index contributed by atoms with van der Waals surface area (Å²) < 4.78 is 39.0. The van der Waals surface area contributed by atoms with Crippen LogP contribution < -0.4 is 4.74 Å². The number of aromatic hydroxyl groups is 1. The molecular formula is C8H6BrF3O2. The minimum absolute atomic E-state index is 0.390. The third-order valence-corrected chi connectivity index (χ3v) is 2.05. The van der Waals surface area contributed by atoms with Gasteiger partial charge in [-0.3, -0.25) is 0 Å². The largest absolute Gasteiger partial charge is 0.573 e. The summed E-state index contributed by atoms with van der Waals surface area (Å²) in [4.78, 5) is 0. The van der Waals surface area contributed by atoms with Gasteiger partial charge in [-0.05, 0) is 17.7 Å². The van der Waals surface area contributed by atoms with E-state index in [-0.39, 0.29) is 0 Å². The van der Waals surface area contributed by atoms with Gasteiger partial charge in [-0.1, -0.05) is 22.0 Å². The van der Waals surface area contributed by atoms with E-state index in [0.29, 0.717) is 10.9 Å². The van der Waals surface area contributed by atoms with E-state index >= 15 is 0 Å². The van der Waals surface area contributed by atoms with Crippen molar-refractivity contribution in [1.29, 1.82) is 0 Å². The van der Waals surface area contributed by atoms with Gasteiger partial charge in [0, 0.05) is 5.33 Å². The minimum atomic E-state index is -4.79. The number of phenols is 1.